The van der Waals surface area contributed by atoms with Crippen LogP contribution in [0.25, 0.3) is 10.6 Å². The van der Waals surface area contributed by atoms with Crippen molar-refractivity contribution in [2.24, 2.45) is 3.34 Å². The van der Waals surface area contributed by atoms with Gasteiger partial charge in [-0.25, -0.2) is 0 Å². The predicted molar refractivity (Wildman–Crippen MR) is 61.8 cm³/mol. The standard InChI is InChI=1S/C4H9N.2C3H8N.Nb/c1-4(2,3)5;2*1-3-4-2;/h1-3H3;2*3H2,1-2H3;/q;2*-1;. The molecule has 0 aromatic rings. The molecule has 0 saturated carbocycles. The minimum atomic E-state index is 0.189. The van der Waals surface area contributed by atoms with Gasteiger partial charge in [0.15, 0.2) is 0 Å². The van der Waals surface area contributed by atoms with Crippen molar-refractivity contribution in [1.29, 1.82) is 0 Å². The summed E-state index contributed by atoms with van der Waals surface area (Å²) in [6.07, 6.45) is 0. The fourth-order valence-electron chi connectivity index (χ4n) is 0. The van der Waals surface area contributed by atoms with Crippen molar-refractivity contribution in [3.05, 3.63) is 10.6 Å². The number of hydrogen-bond donors (Lipinski definition) is 0. The molecule has 0 bridgehead atoms. The molecule has 0 aliphatic heterocycles. The van der Waals surface area contributed by atoms with Crippen LogP contribution in [0, 0.1) is 0 Å². The first-order valence-corrected chi connectivity index (χ1v) is 5.85. The van der Waals surface area contributed by atoms with Crippen molar-refractivity contribution in [2.45, 2.75) is 40.2 Å². The largest absolute Gasteiger partial charge is 0.665 e. The minimum Gasteiger partial charge on any atom is -0.665 e. The monoisotopic (exact) mass is 280 g/mol. The van der Waals surface area contributed by atoms with E-state index in [1.54, 1.807) is 14.1 Å². The molecule has 0 aliphatic carbocycles. The number of nitrogens with zero attached hydrogens (tertiary/aromatic N) is 3. The predicted octanol–water partition coefficient (Wildman–Crippen LogP) is 3.53. The maximum atomic E-state index is 4.07. The molecule has 0 saturated heterocycles. The third kappa shape index (κ3) is 54.9. The summed E-state index contributed by atoms with van der Waals surface area (Å²) in [4.78, 5) is 0. The molecule has 0 aliphatic rings. The molecule has 0 heterocycles. The summed E-state index contributed by atoms with van der Waals surface area (Å²) in [5.74, 6) is 0. The molecule has 0 spiro atoms. The van der Waals surface area contributed by atoms with Crippen LogP contribution < -0.4 is 0 Å². The van der Waals surface area contributed by atoms with E-state index in [-0.39, 0.29) is 5.54 Å². The van der Waals surface area contributed by atoms with E-state index in [1.807, 2.05) is 13.8 Å². The van der Waals surface area contributed by atoms with Crippen LogP contribution >= 0.6 is 0 Å². The summed E-state index contributed by atoms with van der Waals surface area (Å²) in [5.41, 5.74) is 0.189. The van der Waals surface area contributed by atoms with Crippen LogP contribution in [0.15, 0.2) is 3.34 Å². The molecule has 14 heavy (non-hydrogen) atoms. The molecule has 0 fully saturated rings. The fourth-order valence-corrected chi connectivity index (χ4v) is 0. The average Bonchev–Trinajstić information content (AvgIpc) is 2.17. The third-order valence-corrected chi connectivity index (χ3v) is 2.41. The van der Waals surface area contributed by atoms with E-state index in [0.717, 1.165) is 13.1 Å². The van der Waals surface area contributed by atoms with Crippen molar-refractivity contribution in [3.63, 3.8) is 0 Å². The van der Waals surface area contributed by atoms with E-state index < -0.39 is 0 Å². The van der Waals surface area contributed by atoms with Crippen LogP contribution in [0.1, 0.15) is 34.6 Å². The van der Waals surface area contributed by atoms with Crippen LogP contribution in [0.4, 0.5) is 0 Å². The second-order valence-electron chi connectivity index (χ2n) is 3.54. The molecule has 0 N–H and O–H groups in total. The maximum absolute atomic E-state index is 4.07. The van der Waals surface area contributed by atoms with Crippen molar-refractivity contribution >= 4 is 0 Å². The normalized spacial score (nSPS) is 9.00. The second kappa shape index (κ2) is 15.9. The number of hydrogen-bond acceptors (Lipinski definition) is 1. The van der Waals surface area contributed by atoms with Gasteiger partial charge in [0.25, 0.3) is 0 Å². The second-order valence-corrected chi connectivity index (χ2v) is 4.03. The van der Waals surface area contributed by atoms with Crippen molar-refractivity contribution in [1.82, 2.24) is 0 Å². The number of rotatable bonds is 2. The van der Waals surface area contributed by atoms with E-state index in [0.29, 0.717) is 0 Å². The molecule has 3 nitrogen and oxygen atoms in total. The molecule has 0 unspecified atom stereocenters. The summed E-state index contributed by atoms with van der Waals surface area (Å²) >= 11 is 1.52. The maximum Gasteiger partial charge on any atom is -0.0844 e. The molecular formula is C10H25N3Nb-2. The Morgan fingerprint density at radius 2 is 1.14 bits per heavy atom. The fraction of sp³-hybridized carbons (Fsp3) is 1.00. The van der Waals surface area contributed by atoms with Gasteiger partial charge in [0.1, 0.15) is 0 Å². The quantitative estimate of drug-likeness (QED) is 0.694. The van der Waals surface area contributed by atoms with Gasteiger partial charge in [0.2, 0.25) is 0 Å². The molecule has 0 rings (SSSR count). The zero-order valence-electron chi connectivity index (χ0n) is 10.7. The van der Waals surface area contributed by atoms with Gasteiger partial charge in [-0.1, -0.05) is 13.8 Å². The van der Waals surface area contributed by atoms with Gasteiger partial charge >= 0.3 is 50.5 Å². The van der Waals surface area contributed by atoms with Crippen molar-refractivity contribution < 1.29 is 20.9 Å². The molecule has 0 atom stereocenters. The van der Waals surface area contributed by atoms with Gasteiger partial charge in [-0.2, -0.15) is 27.2 Å². The summed E-state index contributed by atoms with van der Waals surface area (Å²) in [6.45, 7) is 12.2. The van der Waals surface area contributed by atoms with Crippen molar-refractivity contribution in [3.8, 4) is 0 Å². The van der Waals surface area contributed by atoms with E-state index in [2.05, 4.69) is 34.7 Å². The Kier molecular flexibility index (Phi) is 22.7. The smallest absolute Gasteiger partial charge is 0.0844 e. The first kappa shape index (κ1) is 19.9. The minimum absolute atomic E-state index is 0.189. The van der Waals surface area contributed by atoms with Gasteiger partial charge in [-0.15, -0.1) is 0 Å². The van der Waals surface area contributed by atoms with Gasteiger partial charge in [-0.3, -0.25) is 0 Å². The summed E-state index contributed by atoms with van der Waals surface area (Å²) < 4.78 is 4.07. The molecule has 0 aromatic heterocycles. The van der Waals surface area contributed by atoms with E-state index in [9.17, 15) is 0 Å². The average molecular weight is 280 g/mol. The summed E-state index contributed by atoms with van der Waals surface area (Å²) in [5, 5.41) is 7.47. The van der Waals surface area contributed by atoms with E-state index in [4.69, 9.17) is 0 Å². The van der Waals surface area contributed by atoms with E-state index >= 15 is 0 Å². The third-order valence-electron chi connectivity index (χ3n) is 0.932. The first-order chi connectivity index (χ1) is 6.39. The Labute approximate surface area is 102 Å². The van der Waals surface area contributed by atoms with Gasteiger partial charge in [0, 0.05) is 0 Å². The van der Waals surface area contributed by atoms with Crippen LogP contribution in [0.5, 0.6) is 0 Å². The van der Waals surface area contributed by atoms with Crippen LogP contribution in [-0.4, -0.2) is 32.7 Å². The van der Waals surface area contributed by atoms with Crippen LogP contribution in [0.3, 0.4) is 0 Å². The topological polar surface area (TPSA) is 40.6 Å². The summed E-state index contributed by atoms with van der Waals surface area (Å²) in [6, 6.07) is 0. The van der Waals surface area contributed by atoms with Crippen molar-refractivity contribution in [2.75, 3.05) is 27.2 Å². The molecule has 87 valence electrons. The Morgan fingerprint density at radius 1 is 1.00 bits per heavy atom. The Hall–Kier alpha value is 0.460. The molecular weight excluding hydrogens is 255 g/mol. The van der Waals surface area contributed by atoms with E-state index in [1.165, 1.54) is 20.9 Å². The zero-order chi connectivity index (χ0) is 12.0. The molecule has 0 aromatic carbocycles. The van der Waals surface area contributed by atoms with Crippen LogP contribution in [-0.2, 0) is 20.9 Å². The molecule has 0 radical (unpaired) electrons. The zero-order valence-corrected chi connectivity index (χ0v) is 12.9. The Morgan fingerprint density at radius 3 is 1.14 bits per heavy atom. The Balaban J connectivity index is -0.000000135. The molecule has 0 amide bonds. The Bertz CT molecular complexity index is 92.0. The molecule has 4 heteroatoms. The van der Waals surface area contributed by atoms with Crippen LogP contribution in [0.2, 0.25) is 0 Å². The van der Waals surface area contributed by atoms with Gasteiger partial charge in [-0.05, 0) is 0 Å². The van der Waals surface area contributed by atoms with Gasteiger partial charge < -0.3 is 10.6 Å². The SMILES string of the molecule is CC(C)(C)[N]=[Nb].CC[N-]C.CC[N-]C. The first-order valence-electron chi connectivity index (χ1n) is 4.86. The summed E-state index contributed by atoms with van der Waals surface area (Å²) in [7, 11) is 3.61. The van der Waals surface area contributed by atoms with Gasteiger partial charge in [0.05, 0.1) is 0 Å².